The molecule has 1 aliphatic carbocycles. The Morgan fingerprint density at radius 2 is 2.42 bits per heavy atom. The van der Waals surface area contributed by atoms with Crippen LogP contribution in [0.5, 0.6) is 0 Å². The molecule has 1 N–H and O–H groups in total. The Labute approximate surface area is 72.8 Å². The molecule has 0 radical (unpaired) electrons. The van der Waals surface area contributed by atoms with Gasteiger partial charge >= 0.3 is 0 Å². The van der Waals surface area contributed by atoms with E-state index in [1.807, 2.05) is 24.1 Å². The van der Waals surface area contributed by atoms with E-state index in [9.17, 15) is 0 Å². The molecular weight excluding hydrogens is 150 g/mol. The van der Waals surface area contributed by atoms with Crippen molar-refractivity contribution in [2.75, 3.05) is 5.32 Å². The van der Waals surface area contributed by atoms with Gasteiger partial charge in [0, 0.05) is 19.3 Å². The van der Waals surface area contributed by atoms with Crippen LogP contribution in [0.1, 0.15) is 19.8 Å². The van der Waals surface area contributed by atoms with E-state index < -0.39 is 0 Å². The largest absolute Gasteiger partial charge is 0.380 e. The first kappa shape index (κ1) is 7.65. The minimum atomic E-state index is 0.606. The molecule has 0 aromatic carbocycles. The van der Waals surface area contributed by atoms with Gasteiger partial charge in [0.15, 0.2) is 0 Å². The average molecular weight is 165 g/mol. The number of hydrogen-bond acceptors (Lipinski definition) is 2. The van der Waals surface area contributed by atoms with Crippen molar-refractivity contribution in [1.29, 1.82) is 0 Å². The van der Waals surface area contributed by atoms with Crippen LogP contribution in [0.2, 0.25) is 0 Å². The molecule has 3 heteroatoms. The predicted molar refractivity (Wildman–Crippen MR) is 49.0 cm³/mol. The van der Waals surface area contributed by atoms with Crippen molar-refractivity contribution in [2.24, 2.45) is 13.0 Å². The highest BCUT2D eigenvalue weighted by Crippen LogP contribution is 2.33. The van der Waals surface area contributed by atoms with E-state index in [1.54, 1.807) is 0 Å². The predicted octanol–water partition coefficient (Wildman–Crippen LogP) is 1.63. The van der Waals surface area contributed by atoms with Gasteiger partial charge in [0.2, 0.25) is 0 Å². The number of nitrogens with zero attached hydrogens (tertiary/aromatic N) is 2. The van der Waals surface area contributed by atoms with Crippen LogP contribution in [0.15, 0.2) is 12.4 Å². The summed E-state index contributed by atoms with van der Waals surface area (Å²) in [5.41, 5.74) is 1.14. The number of rotatable bonds is 3. The van der Waals surface area contributed by atoms with Crippen LogP contribution in [-0.4, -0.2) is 15.8 Å². The van der Waals surface area contributed by atoms with Gasteiger partial charge in [-0.2, -0.15) is 5.10 Å². The zero-order valence-corrected chi connectivity index (χ0v) is 7.62. The van der Waals surface area contributed by atoms with Crippen LogP contribution in [0.25, 0.3) is 0 Å². The molecule has 66 valence electrons. The maximum Gasteiger partial charge on any atom is 0.0728 e. The lowest BCUT2D eigenvalue weighted by Gasteiger charge is -2.11. The Morgan fingerprint density at radius 3 is 2.92 bits per heavy atom. The third-order valence-corrected chi connectivity index (χ3v) is 2.43. The maximum atomic E-state index is 4.10. The number of nitrogens with one attached hydrogen (secondary N) is 1. The molecule has 0 amide bonds. The van der Waals surface area contributed by atoms with Gasteiger partial charge in [-0.05, 0) is 25.7 Å². The monoisotopic (exact) mass is 165 g/mol. The summed E-state index contributed by atoms with van der Waals surface area (Å²) >= 11 is 0. The summed E-state index contributed by atoms with van der Waals surface area (Å²) in [6.45, 7) is 2.24. The van der Waals surface area contributed by atoms with Gasteiger partial charge in [0.1, 0.15) is 0 Å². The Bertz CT molecular complexity index is 262. The van der Waals surface area contributed by atoms with Crippen LogP contribution in [0.4, 0.5) is 5.69 Å². The molecule has 0 bridgehead atoms. The fraction of sp³-hybridized carbons (Fsp3) is 0.667. The first-order chi connectivity index (χ1) is 5.75. The summed E-state index contributed by atoms with van der Waals surface area (Å²) < 4.78 is 1.82. The number of anilines is 1. The molecule has 1 atom stereocenters. The molecule has 1 fully saturated rings. The van der Waals surface area contributed by atoms with Gasteiger partial charge in [-0.1, -0.05) is 0 Å². The van der Waals surface area contributed by atoms with Gasteiger partial charge in [-0.25, -0.2) is 0 Å². The van der Waals surface area contributed by atoms with E-state index in [4.69, 9.17) is 0 Å². The Morgan fingerprint density at radius 1 is 1.67 bits per heavy atom. The standard InChI is InChI=1S/C9H15N3/c1-7(8-3-4-8)11-9-5-10-12(2)6-9/h5-8,11H,3-4H2,1-2H3/t7-/m0/s1. The van der Waals surface area contributed by atoms with E-state index in [1.165, 1.54) is 12.8 Å². The van der Waals surface area contributed by atoms with Crippen LogP contribution >= 0.6 is 0 Å². The highest BCUT2D eigenvalue weighted by Gasteiger charge is 2.27. The molecule has 0 saturated heterocycles. The van der Waals surface area contributed by atoms with Crippen molar-refractivity contribution in [2.45, 2.75) is 25.8 Å². The molecule has 1 heterocycles. The summed E-state index contributed by atoms with van der Waals surface area (Å²) in [5.74, 6) is 0.894. The van der Waals surface area contributed by atoms with Crippen molar-refractivity contribution in [1.82, 2.24) is 9.78 Å². The minimum Gasteiger partial charge on any atom is -0.380 e. The first-order valence-corrected chi connectivity index (χ1v) is 4.51. The summed E-state index contributed by atoms with van der Waals surface area (Å²) in [4.78, 5) is 0. The van der Waals surface area contributed by atoms with Crippen molar-refractivity contribution in [3.05, 3.63) is 12.4 Å². The average Bonchev–Trinajstić information content (AvgIpc) is 2.78. The number of hydrogen-bond donors (Lipinski definition) is 1. The van der Waals surface area contributed by atoms with E-state index in [0.29, 0.717) is 6.04 Å². The Kier molecular flexibility index (Phi) is 1.79. The zero-order valence-electron chi connectivity index (χ0n) is 7.62. The van der Waals surface area contributed by atoms with Crippen molar-refractivity contribution >= 4 is 5.69 Å². The van der Waals surface area contributed by atoms with Gasteiger partial charge in [0.25, 0.3) is 0 Å². The highest BCUT2D eigenvalue weighted by molar-refractivity contribution is 5.39. The topological polar surface area (TPSA) is 29.9 Å². The molecule has 0 spiro atoms. The lowest BCUT2D eigenvalue weighted by atomic mass is 10.2. The van der Waals surface area contributed by atoms with Gasteiger partial charge < -0.3 is 5.32 Å². The second kappa shape index (κ2) is 2.81. The highest BCUT2D eigenvalue weighted by atomic mass is 15.3. The maximum absolute atomic E-state index is 4.10. The molecule has 0 unspecified atom stereocenters. The zero-order chi connectivity index (χ0) is 8.55. The fourth-order valence-electron chi connectivity index (χ4n) is 1.47. The lowest BCUT2D eigenvalue weighted by molar-refractivity contribution is 0.694. The molecule has 3 nitrogen and oxygen atoms in total. The second-order valence-electron chi connectivity index (χ2n) is 3.67. The summed E-state index contributed by atoms with van der Waals surface area (Å²) in [6.07, 6.45) is 6.65. The molecular formula is C9H15N3. The quantitative estimate of drug-likeness (QED) is 0.737. The Hall–Kier alpha value is -0.990. The molecule has 12 heavy (non-hydrogen) atoms. The van der Waals surface area contributed by atoms with Crippen LogP contribution in [0.3, 0.4) is 0 Å². The van der Waals surface area contributed by atoms with Crippen LogP contribution in [0, 0.1) is 5.92 Å². The third-order valence-electron chi connectivity index (χ3n) is 2.43. The summed E-state index contributed by atoms with van der Waals surface area (Å²) in [6, 6.07) is 0.606. The van der Waals surface area contributed by atoms with E-state index in [-0.39, 0.29) is 0 Å². The van der Waals surface area contributed by atoms with Crippen LogP contribution < -0.4 is 5.32 Å². The number of aromatic nitrogens is 2. The third kappa shape index (κ3) is 1.60. The fourth-order valence-corrected chi connectivity index (χ4v) is 1.47. The molecule has 0 aliphatic heterocycles. The normalized spacial score (nSPS) is 19.2. The SMILES string of the molecule is C[C@H](Nc1cnn(C)c1)C1CC1. The molecule has 1 aliphatic rings. The molecule has 1 aromatic rings. The summed E-state index contributed by atoms with van der Waals surface area (Å²) in [5, 5.41) is 7.54. The van der Waals surface area contributed by atoms with E-state index in [0.717, 1.165) is 11.6 Å². The van der Waals surface area contributed by atoms with Crippen LogP contribution in [-0.2, 0) is 7.05 Å². The molecule has 2 rings (SSSR count). The van der Waals surface area contributed by atoms with Gasteiger partial charge in [-0.15, -0.1) is 0 Å². The van der Waals surface area contributed by atoms with E-state index in [2.05, 4.69) is 17.3 Å². The smallest absolute Gasteiger partial charge is 0.0728 e. The van der Waals surface area contributed by atoms with Gasteiger partial charge in [-0.3, -0.25) is 4.68 Å². The Balaban J connectivity index is 1.93. The van der Waals surface area contributed by atoms with Crippen molar-refractivity contribution < 1.29 is 0 Å². The molecule has 1 saturated carbocycles. The van der Waals surface area contributed by atoms with Crippen molar-refractivity contribution in [3.8, 4) is 0 Å². The van der Waals surface area contributed by atoms with Gasteiger partial charge in [0.05, 0.1) is 11.9 Å². The second-order valence-corrected chi connectivity index (χ2v) is 3.67. The minimum absolute atomic E-state index is 0.606. The molecule has 1 aromatic heterocycles. The lowest BCUT2D eigenvalue weighted by Crippen LogP contribution is -2.16. The number of aryl methyl sites for hydroxylation is 1. The van der Waals surface area contributed by atoms with Crippen molar-refractivity contribution in [3.63, 3.8) is 0 Å². The summed E-state index contributed by atoms with van der Waals surface area (Å²) in [7, 11) is 1.94. The first-order valence-electron chi connectivity index (χ1n) is 4.51. The van der Waals surface area contributed by atoms with E-state index >= 15 is 0 Å².